The van der Waals surface area contributed by atoms with E-state index in [9.17, 15) is 4.79 Å². The first-order valence-electron chi connectivity index (χ1n) is 5.50. The summed E-state index contributed by atoms with van der Waals surface area (Å²) in [5, 5.41) is 0. The molecule has 1 aliphatic carbocycles. The fourth-order valence-corrected chi connectivity index (χ4v) is 2.10. The van der Waals surface area contributed by atoms with Gasteiger partial charge in [0, 0.05) is 12.8 Å². The van der Waals surface area contributed by atoms with Gasteiger partial charge in [-0.3, -0.25) is 4.79 Å². The SMILES string of the molecule is COc1cc2c(cc1OC)CCC(=O)CC2. The molecule has 3 heteroatoms. The summed E-state index contributed by atoms with van der Waals surface area (Å²) in [4.78, 5) is 11.4. The summed E-state index contributed by atoms with van der Waals surface area (Å²) in [7, 11) is 3.26. The maximum atomic E-state index is 11.4. The molecule has 1 aromatic rings. The molecule has 0 amide bonds. The maximum Gasteiger partial charge on any atom is 0.161 e. The fraction of sp³-hybridized carbons (Fsp3) is 0.462. The lowest BCUT2D eigenvalue weighted by atomic mass is 10.0. The number of hydrogen-bond donors (Lipinski definition) is 0. The molecule has 16 heavy (non-hydrogen) atoms. The van der Waals surface area contributed by atoms with E-state index >= 15 is 0 Å². The second kappa shape index (κ2) is 4.56. The van der Waals surface area contributed by atoms with E-state index in [0.29, 0.717) is 18.6 Å². The van der Waals surface area contributed by atoms with Gasteiger partial charge in [-0.15, -0.1) is 0 Å². The van der Waals surface area contributed by atoms with E-state index in [4.69, 9.17) is 9.47 Å². The lowest BCUT2D eigenvalue weighted by molar-refractivity contribution is -0.118. The van der Waals surface area contributed by atoms with Gasteiger partial charge in [-0.25, -0.2) is 0 Å². The smallest absolute Gasteiger partial charge is 0.161 e. The molecule has 86 valence electrons. The van der Waals surface area contributed by atoms with Crippen LogP contribution >= 0.6 is 0 Å². The van der Waals surface area contributed by atoms with Gasteiger partial charge < -0.3 is 9.47 Å². The summed E-state index contributed by atoms with van der Waals surface area (Å²) in [5.74, 6) is 1.83. The molecule has 2 rings (SSSR count). The minimum absolute atomic E-state index is 0.342. The van der Waals surface area contributed by atoms with Crippen LogP contribution in [0.5, 0.6) is 11.5 Å². The zero-order valence-electron chi connectivity index (χ0n) is 9.71. The summed E-state index contributed by atoms with van der Waals surface area (Å²) in [6.07, 6.45) is 2.91. The third kappa shape index (κ3) is 2.03. The first-order valence-corrected chi connectivity index (χ1v) is 5.50. The Morgan fingerprint density at radius 1 is 0.875 bits per heavy atom. The van der Waals surface area contributed by atoms with Gasteiger partial charge in [-0.1, -0.05) is 0 Å². The second-order valence-electron chi connectivity index (χ2n) is 4.01. The van der Waals surface area contributed by atoms with Crippen LogP contribution < -0.4 is 9.47 Å². The molecule has 0 N–H and O–H groups in total. The summed E-state index contributed by atoms with van der Waals surface area (Å²) in [6.45, 7) is 0. The highest BCUT2D eigenvalue weighted by atomic mass is 16.5. The van der Waals surface area contributed by atoms with Gasteiger partial charge in [0.25, 0.3) is 0 Å². The lowest BCUT2D eigenvalue weighted by Crippen LogP contribution is -1.96. The third-order valence-electron chi connectivity index (χ3n) is 3.05. The lowest BCUT2D eigenvalue weighted by Gasteiger charge is -2.12. The monoisotopic (exact) mass is 220 g/mol. The number of rotatable bonds is 2. The molecule has 0 fully saturated rings. The molecule has 3 nitrogen and oxygen atoms in total. The minimum Gasteiger partial charge on any atom is -0.493 e. The van der Waals surface area contributed by atoms with Gasteiger partial charge in [0.2, 0.25) is 0 Å². The number of ether oxygens (including phenoxy) is 2. The maximum absolute atomic E-state index is 11.4. The van der Waals surface area contributed by atoms with Crippen molar-refractivity contribution in [2.45, 2.75) is 25.7 Å². The Bertz CT molecular complexity index is 373. The molecule has 1 aliphatic rings. The summed E-state index contributed by atoms with van der Waals surface area (Å²) < 4.78 is 10.5. The third-order valence-corrected chi connectivity index (χ3v) is 3.05. The number of carbonyl (C=O) groups excluding carboxylic acids is 1. The molecule has 0 unspecified atom stereocenters. The molecule has 0 radical (unpaired) electrons. The van der Waals surface area contributed by atoms with Gasteiger partial charge >= 0.3 is 0 Å². The van der Waals surface area contributed by atoms with Crippen molar-refractivity contribution in [3.05, 3.63) is 23.3 Å². The number of aryl methyl sites for hydroxylation is 2. The Morgan fingerprint density at radius 2 is 1.31 bits per heavy atom. The Morgan fingerprint density at radius 3 is 1.69 bits per heavy atom. The zero-order chi connectivity index (χ0) is 11.5. The summed E-state index contributed by atoms with van der Waals surface area (Å²) in [6, 6.07) is 3.99. The first kappa shape index (κ1) is 11.0. The molecular weight excluding hydrogens is 204 g/mol. The Hall–Kier alpha value is -1.51. The first-order chi connectivity index (χ1) is 7.74. The molecule has 1 aromatic carbocycles. The number of benzene rings is 1. The van der Waals surface area contributed by atoms with Crippen LogP contribution in [0, 0.1) is 0 Å². The number of Topliss-reactive ketones (excluding diaryl/α,β-unsaturated/α-hetero) is 1. The highest BCUT2D eigenvalue weighted by molar-refractivity contribution is 5.79. The van der Waals surface area contributed by atoms with Crippen molar-refractivity contribution < 1.29 is 14.3 Å². The van der Waals surface area contributed by atoms with Crippen molar-refractivity contribution in [2.75, 3.05) is 14.2 Å². The second-order valence-corrected chi connectivity index (χ2v) is 4.01. The molecule has 0 heterocycles. The zero-order valence-corrected chi connectivity index (χ0v) is 9.71. The van der Waals surface area contributed by atoms with E-state index in [0.717, 1.165) is 24.3 Å². The quantitative estimate of drug-likeness (QED) is 0.716. The Labute approximate surface area is 95.4 Å². The number of fused-ring (bicyclic) bond motifs is 1. The van der Waals surface area contributed by atoms with Gasteiger partial charge in [0.15, 0.2) is 11.5 Å². The van der Waals surface area contributed by atoms with E-state index in [1.165, 1.54) is 11.1 Å². The molecule has 0 saturated carbocycles. The molecule has 0 atom stereocenters. The summed E-state index contributed by atoms with van der Waals surface area (Å²) >= 11 is 0. The topological polar surface area (TPSA) is 35.5 Å². The van der Waals surface area contributed by atoms with Gasteiger partial charge in [-0.05, 0) is 36.1 Å². The number of carbonyl (C=O) groups is 1. The van der Waals surface area contributed by atoms with Crippen molar-refractivity contribution in [1.29, 1.82) is 0 Å². The van der Waals surface area contributed by atoms with Crippen LogP contribution in [-0.2, 0) is 17.6 Å². The Kier molecular flexibility index (Phi) is 3.13. The molecular formula is C13H16O3. The van der Waals surface area contributed by atoms with Crippen molar-refractivity contribution in [2.24, 2.45) is 0 Å². The predicted octanol–water partition coefficient (Wildman–Crippen LogP) is 2.15. The van der Waals surface area contributed by atoms with Crippen LogP contribution in [-0.4, -0.2) is 20.0 Å². The van der Waals surface area contributed by atoms with Crippen LogP contribution in [0.1, 0.15) is 24.0 Å². The standard InChI is InChI=1S/C13H16O3/c1-15-12-7-9-3-5-11(14)6-4-10(9)8-13(12)16-2/h7-8H,3-6H2,1-2H3. The average Bonchev–Trinajstić information content (AvgIpc) is 2.50. The number of ketones is 1. The average molecular weight is 220 g/mol. The minimum atomic E-state index is 0.342. The highest BCUT2D eigenvalue weighted by Gasteiger charge is 2.16. The molecule has 0 aliphatic heterocycles. The number of hydrogen-bond acceptors (Lipinski definition) is 3. The largest absolute Gasteiger partial charge is 0.493 e. The highest BCUT2D eigenvalue weighted by Crippen LogP contribution is 2.32. The van der Waals surface area contributed by atoms with Crippen LogP contribution in [0.4, 0.5) is 0 Å². The van der Waals surface area contributed by atoms with E-state index in [1.807, 2.05) is 12.1 Å². The van der Waals surface area contributed by atoms with E-state index in [1.54, 1.807) is 14.2 Å². The van der Waals surface area contributed by atoms with Gasteiger partial charge in [0.05, 0.1) is 14.2 Å². The van der Waals surface area contributed by atoms with Crippen molar-refractivity contribution in [1.82, 2.24) is 0 Å². The van der Waals surface area contributed by atoms with E-state index in [-0.39, 0.29) is 0 Å². The van der Waals surface area contributed by atoms with E-state index < -0.39 is 0 Å². The van der Waals surface area contributed by atoms with Crippen molar-refractivity contribution in [3.63, 3.8) is 0 Å². The van der Waals surface area contributed by atoms with Gasteiger partial charge in [0.1, 0.15) is 5.78 Å². The number of methoxy groups -OCH3 is 2. The molecule has 0 spiro atoms. The normalized spacial score (nSPS) is 15.2. The molecule has 0 aromatic heterocycles. The van der Waals surface area contributed by atoms with Crippen LogP contribution in [0.3, 0.4) is 0 Å². The summed E-state index contributed by atoms with van der Waals surface area (Å²) in [5.41, 5.74) is 2.42. The van der Waals surface area contributed by atoms with Crippen molar-refractivity contribution in [3.8, 4) is 11.5 Å². The van der Waals surface area contributed by atoms with E-state index in [2.05, 4.69) is 0 Å². The van der Waals surface area contributed by atoms with Crippen LogP contribution in [0.2, 0.25) is 0 Å². The Balaban J connectivity index is 2.40. The van der Waals surface area contributed by atoms with Crippen LogP contribution in [0.25, 0.3) is 0 Å². The molecule has 0 saturated heterocycles. The predicted molar refractivity (Wildman–Crippen MR) is 61.2 cm³/mol. The van der Waals surface area contributed by atoms with Crippen molar-refractivity contribution >= 4 is 5.78 Å². The fourth-order valence-electron chi connectivity index (χ4n) is 2.10. The van der Waals surface area contributed by atoms with Crippen LogP contribution in [0.15, 0.2) is 12.1 Å². The molecule has 0 bridgehead atoms. The van der Waals surface area contributed by atoms with Gasteiger partial charge in [-0.2, -0.15) is 0 Å².